The van der Waals surface area contributed by atoms with Crippen LogP contribution in [0.1, 0.15) is 44.8 Å². The number of piperidine rings is 1. The molecule has 0 saturated carbocycles. The van der Waals surface area contributed by atoms with Gasteiger partial charge in [0.1, 0.15) is 5.75 Å². The summed E-state index contributed by atoms with van der Waals surface area (Å²) < 4.78 is 0. The molecule has 0 spiro atoms. The number of hydrogen-bond donors (Lipinski definition) is 3. The summed E-state index contributed by atoms with van der Waals surface area (Å²) in [5, 5.41) is 22.1. The average molecular weight is 320 g/mol. The Hall–Kier alpha value is -1.59. The number of aliphatic hydroxyl groups excluding tert-OH is 1. The first-order valence-electron chi connectivity index (χ1n) is 8.43. The summed E-state index contributed by atoms with van der Waals surface area (Å²) in [6, 6.07) is 6.96. The van der Waals surface area contributed by atoms with Gasteiger partial charge in [0.15, 0.2) is 0 Å². The molecule has 5 heteroatoms. The SMILES string of the molecule is CC(C)N1CCC(CC(=O)NC[C@H](O)c2ccc(O)cc2)CC1. The molecule has 1 heterocycles. The number of hydrogen-bond acceptors (Lipinski definition) is 4. The van der Waals surface area contributed by atoms with Crippen molar-refractivity contribution < 1.29 is 15.0 Å². The standard InChI is InChI=1S/C18H28N2O3/c1-13(2)20-9-7-14(8-10-20)11-18(23)19-12-17(22)15-3-5-16(21)6-4-15/h3-6,13-14,17,21-22H,7-12H2,1-2H3,(H,19,23)/t17-/m0/s1. The second kappa shape index (κ2) is 8.31. The van der Waals surface area contributed by atoms with Gasteiger partial charge in [-0.3, -0.25) is 4.79 Å². The van der Waals surface area contributed by atoms with Crippen LogP contribution in [-0.2, 0) is 4.79 Å². The van der Waals surface area contributed by atoms with E-state index in [2.05, 4.69) is 24.1 Å². The van der Waals surface area contributed by atoms with Gasteiger partial charge in [0.25, 0.3) is 0 Å². The minimum atomic E-state index is -0.748. The van der Waals surface area contributed by atoms with Crippen LogP contribution in [0.3, 0.4) is 0 Å². The highest BCUT2D eigenvalue weighted by Crippen LogP contribution is 2.22. The number of nitrogens with zero attached hydrogens (tertiary/aromatic N) is 1. The highest BCUT2D eigenvalue weighted by atomic mass is 16.3. The van der Waals surface area contributed by atoms with Crippen LogP contribution in [0.2, 0.25) is 0 Å². The van der Waals surface area contributed by atoms with Gasteiger partial charge in [-0.25, -0.2) is 0 Å². The molecule has 0 unspecified atom stereocenters. The van der Waals surface area contributed by atoms with Crippen molar-refractivity contribution in [2.75, 3.05) is 19.6 Å². The van der Waals surface area contributed by atoms with Gasteiger partial charge in [-0.1, -0.05) is 12.1 Å². The molecule has 1 aliphatic heterocycles. The molecule has 5 nitrogen and oxygen atoms in total. The predicted molar refractivity (Wildman–Crippen MR) is 90.1 cm³/mol. The Morgan fingerprint density at radius 3 is 2.43 bits per heavy atom. The summed E-state index contributed by atoms with van der Waals surface area (Å²) >= 11 is 0. The molecule has 1 saturated heterocycles. The van der Waals surface area contributed by atoms with Gasteiger partial charge in [0, 0.05) is 19.0 Å². The van der Waals surface area contributed by atoms with E-state index in [1.54, 1.807) is 12.1 Å². The van der Waals surface area contributed by atoms with Crippen LogP contribution in [-0.4, -0.2) is 46.7 Å². The molecule has 1 aliphatic rings. The lowest BCUT2D eigenvalue weighted by Crippen LogP contribution is -2.40. The smallest absolute Gasteiger partial charge is 0.220 e. The van der Waals surface area contributed by atoms with E-state index in [-0.39, 0.29) is 18.2 Å². The zero-order valence-electron chi connectivity index (χ0n) is 14.0. The Labute approximate surface area is 138 Å². The zero-order valence-corrected chi connectivity index (χ0v) is 14.0. The molecule has 1 fully saturated rings. The molecule has 1 amide bonds. The lowest BCUT2D eigenvalue weighted by molar-refractivity contribution is -0.122. The molecule has 0 aromatic heterocycles. The number of benzene rings is 1. The molecule has 1 atom stereocenters. The van der Waals surface area contributed by atoms with E-state index >= 15 is 0 Å². The molecule has 0 radical (unpaired) electrons. The third-order valence-electron chi connectivity index (χ3n) is 4.62. The highest BCUT2D eigenvalue weighted by molar-refractivity contribution is 5.76. The first-order valence-corrected chi connectivity index (χ1v) is 8.43. The van der Waals surface area contributed by atoms with Crippen LogP contribution >= 0.6 is 0 Å². The first-order chi connectivity index (χ1) is 11.0. The number of rotatable bonds is 6. The topological polar surface area (TPSA) is 72.8 Å². The van der Waals surface area contributed by atoms with Gasteiger partial charge in [0.05, 0.1) is 6.10 Å². The fourth-order valence-corrected chi connectivity index (χ4v) is 3.03. The van der Waals surface area contributed by atoms with E-state index in [0.29, 0.717) is 23.9 Å². The average Bonchev–Trinajstić information content (AvgIpc) is 2.54. The lowest BCUT2D eigenvalue weighted by atomic mass is 9.92. The maximum atomic E-state index is 12.0. The summed E-state index contributed by atoms with van der Waals surface area (Å²) in [4.78, 5) is 14.5. The molecule has 1 aromatic rings. The van der Waals surface area contributed by atoms with Crippen LogP contribution in [0.4, 0.5) is 0 Å². The third kappa shape index (κ3) is 5.52. The number of carbonyl (C=O) groups excluding carboxylic acids is 1. The molecular weight excluding hydrogens is 292 g/mol. The van der Waals surface area contributed by atoms with Gasteiger partial charge in [-0.2, -0.15) is 0 Å². The summed E-state index contributed by atoms with van der Waals surface area (Å²) in [7, 11) is 0. The van der Waals surface area contributed by atoms with Crippen LogP contribution in [0, 0.1) is 5.92 Å². The molecular formula is C18H28N2O3. The minimum Gasteiger partial charge on any atom is -0.508 e. The Kier molecular flexibility index (Phi) is 6.42. The molecule has 3 N–H and O–H groups in total. The number of amides is 1. The maximum absolute atomic E-state index is 12.0. The van der Waals surface area contributed by atoms with Gasteiger partial charge < -0.3 is 20.4 Å². The number of carbonyl (C=O) groups is 1. The van der Waals surface area contributed by atoms with Crippen molar-refractivity contribution >= 4 is 5.91 Å². The van der Waals surface area contributed by atoms with Crippen LogP contribution < -0.4 is 5.32 Å². The van der Waals surface area contributed by atoms with E-state index in [1.165, 1.54) is 12.1 Å². The summed E-state index contributed by atoms with van der Waals surface area (Å²) in [6.07, 6.45) is 1.91. The van der Waals surface area contributed by atoms with Gasteiger partial charge in [-0.15, -0.1) is 0 Å². The van der Waals surface area contributed by atoms with Gasteiger partial charge in [0.2, 0.25) is 5.91 Å². The molecule has 23 heavy (non-hydrogen) atoms. The van der Waals surface area contributed by atoms with Crippen molar-refractivity contribution in [1.82, 2.24) is 10.2 Å². The van der Waals surface area contributed by atoms with Gasteiger partial charge >= 0.3 is 0 Å². The van der Waals surface area contributed by atoms with Crippen molar-refractivity contribution in [3.63, 3.8) is 0 Å². The second-order valence-electron chi connectivity index (χ2n) is 6.69. The Balaban J connectivity index is 1.70. The molecule has 0 bridgehead atoms. The number of aromatic hydroxyl groups is 1. The van der Waals surface area contributed by atoms with Crippen molar-refractivity contribution in [2.45, 2.75) is 45.3 Å². The van der Waals surface area contributed by atoms with E-state index in [1.807, 2.05) is 0 Å². The van der Waals surface area contributed by atoms with E-state index < -0.39 is 6.10 Å². The van der Waals surface area contributed by atoms with Gasteiger partial charge in [-0.05, 0) is 63.4 Å². The number of phenols is 1. The minimum absolute atomic E-state index is 0.00539. The second-order valence-corrected chi connectivity index (χ2v) is 6.69. The van der Waals surface area contributed by atoms with Crippen molar-refractivity contribution in [3.05, 3.63) is 29.8 Å². The molecule has 1 aromatic carbocycles. The number of likely N-dealkylation sites (tertiary alicyclic amines) is 1. The normalized spacial score (nSPS) is 18.1. The van der Waals surface area contributed by atoms with Crippen LogP contribution in [0.5, 0.6) is 5.75 Å². The molecule has 0 aliphatic carbocycles. The fraction of sp³-hybridized carbons (Fsp3) is 0.611. The van der Waals surface area contributed by atoms with E-state index in [9.17, 15) is 15.0 Å². The zero-order chi connectivity index (χ0) is 16.8. The highest BCUT2D eigenvalue weighted by Gasteiger charge is 2.22. The third-order valence-corrected chi connectivity index (χ3v) is 4.62. The summed E-state index contributed by atoms with van der Waals surface area (Å²) in [6.45, 7) is 6.74. The summed E-state index contributed by atoms with van der Waals surface area (Å²) in [5.41, 5.74) is 0.688. The van der Waals surface area contributed by atoms with Crippen molar-refractivity contribution in [2.24, 2.45) is 5.92 Å². The Bertz CT molecular complexity index is 493. The number of aliphatic hydroxyl groups is 1. The molecule has 128 valence electrons. The van der Waals surface area contributed by atoms with Crippen molar-refractivity contribution in [3.8, 4) is 5.75 Å². The Morgan fingerprint density at radius 2 is 1.87 bits per heavy atom. The monoisotopic (exact) mass is 320 g/mol. The summed E-state index contributed by atoms with van der Waals surface area (Å²) in [5.74, 6) is 0.611. The van der Waals surface area contributed by atoms with Crippen molar-refractivity contribution in [1.29, 1.82) is 0 Å². The van der Waals surface area contributed by atoms with Crippen LogP contribution in [0.15, 0.2) is 24.3 Å². The largest absolute Gasteiger partial charge is 0.508 e. The number of nitrogens with one attached hydrogen (secondary N) is 1. The van der Waals surface area contributed by atoms with E-state index in [0.717, 1.165) is 25.9 Å². The first kappa shape index (κ1) is 17.8. The van der Waals surface area contributed by atoms with Crippen LogP contribution in [0.25, 0.3) is 0 Å². The van der Waals surface area contributed by atoms with E-state index in [4.69, 9.17) is 0 Å². The number of phenolic OH excluding ortho intramolecular Hbond substituents is 1. The molecule has 2 rings (SSSR count). The quantitative estimate of drug-likeness (QED) is 0.750. The fourth-order valence-electron chi connectivity index (χ4n) is 3.03. The predicted octanol–water partition coefficient (Wildman–Crippen LogP) is 2.05. The maximum Gasteiger partial charge on any atom is 0.220 e. The Morgan fingerprint density at radius 1 is 1.26 bits per heavy atom. The lowest BCUT2D eigenvalue weighted by Gasteiger charge is -2.34.